The molecule has 1 atom stereocenters. The molecule has 0 fully saturated rings. The minimum Gasteiger partial charge on any atom is -0.504 e. The van der Waals surface area contributed by atoms with Gasteiger partial charge in [0.1, 0.15) is 5.75 Å². The fourth-order valence-corrected chi connectivity index (χ4v) is 6.06. The third-order valence-corrected chi connectivity index (χ3v) is 7.82. The Labute approximate surface area is 211 Å². The largest absolute Gasteiger partial charge is 0.504 e. The molecule has 1 N–H and O–H groups in total. The van der Waals surface area contributed by atoms with Gasteiger partial charge in [-0.15, -0.1) is 0 Å². The summed E-state index contributed by atoms with van der Waals surface area (Å²) in [6.07, 6.45) is 3.44. The highest BCUT2D eigenvalue weighted by Crippen LogP contribution is 2.41. The highest BCUT2D eigenvalue weighted by molar-refractivity contribution is 7.07. The van der Waals surface area contributed by atoms with Gasteiger partial charge >= 0.3 is 0 Å². The Morgan fingerprint density at radius 1 is 1.00 bits per heavy atom. The van der Waals surface area contributed by atoms with Gasteiger partial charge in [-0.05, 0) is 53.8 Å². The summed E-state index contributed by atoms with van der Waals surface area (Å²) in [5.74, 6) is 1.13. The maximum absolute atomic E-state index is 13.8. The number of phenolic OH excluding ortho intramolecular Hbond substituents is 1. The minimum atomic E-state index is -0.267. The van der Waals surface area contributed by atoms with Crippen LogP contribution in [0.25, 0.3) is 11.8 Å². The lowest BCUT2D eigenvalue weighted by atomic mass is 9.83. The average molecular weight is 497 g/mol. The number of aryl methyl sites for hydroxylation is 1. The molecule has 2 heterocycles. The van der Waals surface area contributed by atoms with E-state index in [-0.39, 0.29) is 17.4 Å². The van der Waals surface area contributed by atoms with Crippen LogP contribution in [0.5, 0.6) is 17.2 Å². The number of allylic oxidation sites excluding steroid dienone is 1. The Hall–Kier alpha value is -4.10. The number of fused-ring (bicyclic) bond motifs is 3. The van der Waals surface area contributed by atoms with Crippen LogP contribution in [-0.2, 0) is 6.42 Å². The first kappa shape index (κ1) is 22.4. The van der Waals surface area contributed by atoms with E-state index in [1.807, 2.05) is 30.3 Å². The third kappa shape index (κ3) is 3.55. The molecule has 6 nitrogen and oxygen atoms in total. The van der Waals surface area contributed by atoms with Gasteiger partial charge in [0.2, 0.25) is 0 Å². The molecule has 3 aromatic carbocycles. The first-order valence-corrected chi connectivity index (χ1v) is 12.5. The van der Waals surface area contributed by atoms with Crippen LogP contribution >= 0.6 is 11.3 Å². The van der Waals surface area contributed by atoms with Crippen LogP contribution in [0.2, 0.25) is 0 Å². The highest BCUT2D eigenvalue weighted by Gasteiger charge is 2.32. The zero-order valence-corrected chi connectivity index (χ0v) is 20.7. The van der Waals surface area contributed by atoms with E-state index in [2.05, 4.69) is 18.2 Å². The number of aromatic hydroxyl groups is 1. The Morgan fingerprint density at radius 2 is 1.81 bits per heavy atom. The second-order valence-corrected chi connectivity index (χ2v) is 9.79. The number of nitrogens with zero attached hydrogens (tertiary/aromatic N) is 2. The van der Waals surface area contributed by atoms with Gasteiger partial charge in [-0.25, -0.2) is 4.99 Å². The maximum atomic E-state index is 13.8. The van der Waals surface area contributed by atoms with Crippen LogP contribution in [0.15, 0.2) is 82.1 Å². The van der Waals surface area contributed by atoms with Gasteiger partial charge in [-0.1, -0.05) is 59.9 Å². The van der Waals surface area contributed by atoms with Crippen molar-refractivity contribution in [3.05, 3.63) is 114 Å². The fourth-order valence-electron chi connectivity index (χ4n) is 5.07. The molecule has 1 aromatic heterocycles. The summed E-state index contributed by atoms with van der Waals surface area (Å²) in [5.41, 5.74) is 5.89. The number of phenols is 1. The number of para-hydroxylation sites is 1. The molecule has 7 heteroatoms. The normalized spacial score (nSPS) is 16.6. The molecule has 0 radical (unpaired) electrons. The zero-order chi connectivity index (χ0) is 24.8. The lowest BCUT2D eigenvalue weighted by Crippen LogP contribution is -2.38. The highest BCUT2D eigenvalue weighted by atomic mass is 32.1. The van der Waals surface area contributed by atoms with Gasteiger partial charge in [-0.3, -0.25) is 9.36 Å². The second kappa shape index (κ2) is 8.84. The molecule has 180 valence electrons. The Morgan fingerprint density at radius 3 is 2.58 bits per heavy atom. The van der Waals surface area contributed by atoms with Crippen molar-refractivity contribution in [1.29, 1.82) is 0 Å². The summed E-state index contributed by atoms with van der Waals surface area (Å²) in [6.45, 7) is 0. The van der Waals surface area contributed by atoms with E-state index in [1.54, 1.807) is 36.0 Å². The first-order valence-electron chi connectivity index (χ1n) is 11.7. The summed E-state index contributed by atoms with van der Waals surface area (Å²) >= 11 is 1.33. The predicted octanol–water partition coefficient (Wildman–Crippen LogP) is 4.04. The molecular weight excluding hydrogens is 472 g/mol. The van der Waals surface area contributed by atoms with Gasteiger partial charge in [0, 0.05) is 11.1 Å². The first-order chi connectivity index (χ1) is 17.6. The van der Waals surface area contributed by atoms with Crippen molar-refractivity contribution in [3.8, 4) is 17.2 Å². The van der Waals surface area contributed by atoms with Crippen LogP contribution in [0.1, 0.15) is 34.7 Å². The smallest absolute Gasteiger partial charge is 0.271 e. The number of ether oxygens (including phenoxy) is 2. The van der Waals surface area contributed by atoms with Crippen molar-refractivity contribution in [2.75, 3.05) is 14.2 Å². The molecule has 0 amide bonds. The number of aromatic nitrogens is 1. The lowest BCUT2D eigenvalue weighted by molar-refractivity contribution is 0.373. The molecule has 0 bridgehead atoms. The average Bonchev–Trinajstić information content (AvgIpc) is 3.23. The van der Waals surface area contributed by atoms with Gasteiger partial charge in [-0.2, -0.15) is 0 Å². The molecule has 1 aliphatic carbocycles. The van der Waals surface area contributed by atoms with Crippen LogP contribution < -0.4 is 24.4 Å². The van der Waals surface area contributed by atoms with Crippen molar-refractivity contribution in [1.82, 2.24) is 4.57 Å². The van der Waals surface area contributed by atoms with E-state index >= 15 is 0 Å². The Kier molecular flexibility index (Phi) is 5.49. The van der Waals surface area contributed by atoms with Gasteiger partial charge in [0.15, 0.2) is 16.3 Å². The number of hydrogen-bond donors (Lipinski definition) is 1. The number of rotatable bonds is 4. The summed E-state index contributed by atoms with van der Waals surface area (Å²) < 4.78 is 12.9. The van der Waals surface area contributed by atoms with Crippen molar-refractivity contribution < 1.29 is 14.6 Å². The van der Waals surface area contributed by atoms with E-state index in [9.17, 15) is 9.90 Å². The molecule has 0 saturated carbocycles. The molecule has 0 saturated heterocycles. The number of thiazole rings is 1. The molecule has 1 aliphatic heterocycles. The predicted molar refractivity (Wildman–Crippen MR) is 140 cm³/mol. The molecule has 2 aliphatic rings. The third-order valence-electron chi connectivity index (χ3n) is 6.84. The number of methoxy groups -OCH3 is 2. The van der Waals surface area contributed by atoms with Crippen LogP contribution in [0.4, 0.5) is 0 Å². The summed E-state index contributed by atoms with van der Waals surface area (Å²) in [5, 5.41) is 10.6. The topological polar surface area (TPSA) is 73.1 Å². The van der Waals surface area contributed by atoms with E-state index in [0.717, 1.165) is 41.0 Å². The molecule has 0 spiro atoms. The van der Waals surface area contributed by atoms with E-state index in [0.29, 0.717) is 20.6 Å². The molecule has 6 rings (SSSR count). The van der Waals surface area contributed by atoms with Crippen molar-refractivity contribution in [3.63, 3.8) is 0 Å². The standard InChI is InChI=1S/C29H24N2O4S/c1-34-20-13-10-18(11-14-20)26-22-15-12-17-6-3-4-8-21(17)25(22)30-29-31(26)28(33)24(36-29)16-19-7-5-9-23(35-2)27(19)32/h3-11,13-14,16,26,32H,12,15H2,1-2H3/t26-/m1/s1. The summed E-state index contributed by atoms with van der Waals surface area (Å²) in [6, 6.07) is 21.2. The van der Waals surface area contributed by atoms with E-state index in [1.165, 1.54) is 24.0 Å². The molecule has 0 unspecified atom stereocenters. The van der Waals surface area contributed by atoms with Gasteiger partial charge in [0.05, 0.1) is 30.5 Å². The summed E-state index contributed by atoms with van der Waals surface area (Å²) in [4.78, 5) is 19.5. The van der Waals surface area contributed by atoms with Crippen molar-refractivity contribution >= 4 is 23.1 Å². The van der Waals surface area contributed by atoms with Crippen molar-refractivity contribution in [2.45, 2.75) is 18.9 Å². The fraction of sp³-hybridized carbons (Fsp3) is 0.172. The van der Waals surface area contributed by atoms with E-state index < -0.39 is 0 Å². The minimum absolute atomic E-state index is 0.00534. The molecule has 36 heavy (non-hydrogen) atoms. The Balaban J connectivity index is 1.61. The van der Waals surface area contributed by atoms with Gasteiger partial charge < -0.3 is 14.6 Å². The Bertz CT molecular complexity index is 1700. The second-order valence-electron chi connectivity index (χ2n) is 8.78. The number of hydrogen-bond acceptors (Lipinski definition) is 6. The van der Waals surface area contributed by atoms with E-state index in [4.69, 9.17) is 14.5 Å². The molecular formula is C29H24N2O4S. The molecule has 4 aromatic rings. The lowest BCUT2D eigenvalue weighted by Gasteiger charge is -2.30. The summed E-state index contributed by atoms with van der Waals surface area (Å²) in [7, 11) is 3.15. The maximum Gasteiger partial charge on any atom is 0.271 e. The quantitative estimate of drug-likeness (QED) is 0.463. The number of benzene rings is 3. The van der Waals surface area contributed by atoms with Crippen LogP contribution in [0.3, 0.4) is 0 Å². The SMILES string of the molecule is COc1ccc([C@@H]2C3=C(N=c4sc(=Cc5cccc(OC)c5O)c(=O)n42)c2ccccc2CC3)cc1. The van der Waals surface area contributed by atoms with Crippen LogP contribution in [-0.4, -0.2) is 23.9 Å². The monoisotopic (exact) mass is 496 g/mol. The van der Waals surface area contributed by atoms with Crippen LogP contribution in [0, 0.1) is 0 Å². The van der Waals surface area contributed by atoms with Crippen molar-refractivity contribution in [2.24, 2.45) is 4.99 Å². The zero-order valence-electron chi connectivity index (χ0n) is 19.9. The van der Waals surface area contributed by atoms with Gasteiger partial charge in [0.25, 0.3) is 5.56 Å².